The van der Waals surface area contributed by atoms with Crippen molar-refractivity contribution in [2.75, 3.05) is 4.90 Å². The maximum atomic E-state index is 13.5. The van der Waals surface area contributed by atoms with E-state index in [-0.39, 0.29) is 11.7 Å². The van der Waals surface area contributed by atoms with Crippen LogP contribution in [0, 0.1) is 34.0 Å². The van der Waals surface area contributed by atoms with Gasteiger partial charge in [0.05, 0.1) is 24.2 Å². The third kappa shape index (κ3) is 2.18. The SMILES string of the molecule is N#CC1(C#N)[C@H](c2ccccc2)[C@H](C(=O)C2CC2)N2c3ccccc3C=C[C@@H]21. The molecule has 2 heterocycles. The fourth-order valence-corrected chi connectivity index (χ4v) is 4.90. The Morgan fingerprint density at radius 2 is 1.68 bits per heavy atom. The molecule has 1 aliphatic carbocycles. The predicted octanol–water partition coefficient (Wildman–Crippen LogP) is 4.07. The van der Waals surface area contributed by atoms with Gasteiger partial charge in [-0.05, 0) is 30.0 Å². The molecule has 0 N–H and O–H groups in total. The van der Waals surface area contributed by atoms with E-state index in [0.717, 1.165) is 29.7 Å². The van der Waals surface area contributed by atoms with Crippen LogP contribution in [0.4, 0.5) is 5.69 Å². The molecule has 0 spiro atoms. The van der Waals surface area contributed by atoms with Gasteiger partial charge in [-0.1, -0.05) is 60.7 Å². The zero-order valence-electron chi connectivity index (χ0n) is 15.3. The smallest absolute Gasteiger partial charge is 0.176 e. The van der Waals surface area contributed by atoms with Gasteiger partial charge in [0, 0.05) is 17.5 Å². The molecule has 3 aliphatic rings. The predicted molar refractivity (Wildman–Crippen MR) is 106 cm³/mol. The Bertz CT molecular complexity index is 1040. The van der Waals surface area contributed by atoms with Gasteiger partial charge in [-0.25, -0.2) is 0 Å². The van der Waals surface area contributed by atoms with Gasteiger partial charge in [-0.2, -0.15) is 10.5 Å². The molecule has 136 valence electrons. The summed E-state index contributed by atoms with van der Waals surface area (Å²) >= 11 is 0. The van der Waals surface area contributed by atoms with Gasteiger partial charge in [0.2, 0.25) is 0 Å². The fraction of sp³-hybridized carbons (Fsp3) is 0.292. The maximum absolute atomic E-state index is 13.5. The molecule has 0 aromatic heterocycles. The Labute approximate surface area is 164 Å². The molecule has 2 fully saturated rings. The minimum atomic E-state index is -1.32. The van der Waals surface area contributed by atoms with Crippen molar-refractivity contribution in [2.45, 2.75) is 30.8 Å². The second-order valence-corrected chi connectivity index (χ2v) is 7.87. The summed E-state index contributed by atoms with van der Waals surface area (Å²) in [5.74, 6) is -0.281. The highest BCUT2D eigenvalue weighted by Crippen LogP contribution is 2.56. The van der Waals surface area contributed by atoms with Crippen molar-refractivity contribution >= 4 is 17.5 Å². The second kappa shape index (κ2) is 6.08. The zero-order valence-corrected chi connectivity index (χ0v) is 15.3. The van der Waals surface area contributed by atoms with E-state index in [0.29, 0.717) is 0 Å². The Morgan fingerprint density at radius 1 is 1.00 bits per heavy atom. The first kappa shape index (κ1) is 16.8. The topological polar surface area (TPSA) is 67.9 Å². The molecule has 0 unspecified atom stereocenters. The average Bonchev–Trinajstić information content (AvgIpc) is 3.56. The Hall–Kier alpha value is -3.37. The number of Topliss-reactive ketones (excluding diaryl/α,β-unsaturated/α-hetero) is 1. The number of carbonyl (C=O) groups excluding carboxylic acids is 1. The van der Waals surface area contributed by atoms with Gasteiger partial charge in [0.15, 0.2) is 11.2 Å². The Kier molecular flexibility index (Phi) is 3.64. The first-order chi connectivity index (χ1) is 13.7. The highest BCUT2D eigenvalue weighted by molar-refractivity contribution is 5.95. The van der Waals surface area contributed by atoms with Crippen molar-refractivity contribution in [2.24, 2.45) is 11.3 Å². The van der Waals surface area contributed by atoms with E-state index in [1.807, 2.05) is 66.7 Å². The van der Waals surface area contributed by atoms with Crippen LogP contribution in [0.1, 0.15) is 29.9 Å². The van der Waals surface area contributed by atoms with Crippen molar-refractivity contribution < 1.29 is 4.79 Å². The van der Waals surface area contributed by atoms with Crippen molar-refractivity contribution in [3.63, 3.8) is 0 Å². The van der Waals surface area contributed by atoms with Crippen LogP contribution in [-0.4, -0.2) is 17.9 Å². The van der Waals surface area contributed by atoms with Crippen LogP contribution < -0.4 is 4.90 Å². The number of hydrogen-bond acceptors (Lipinski definition) is 4. The molecule has 2 aliphatic heterocycles. The first-order valence-corrected chi connectivity index (χ1v) is 9.68. The molecule has 1 saturated heterocycles. The standard InChI is InChI=1S/C24H19N3O/c25-14-24(15-26)20-13-12-16-6-4-5-9-19(16)27(20)22(23(28)18-10-11-18)21(24)17-7-2-1-3-8-17/h1-9,12-13,18,20-22H,10-11H2/t20-,21-,22-/m1/s1. The van der Waals surface area contributed by atoms with E-state index in [2.05, 4.69) is 17.0 Å². The lowest BCUT2D eigenvalue weighted by molar-refractivity contribution is -0.121. The number of nitrogens with zero attached hydrogens (tertiary/aromatic N) is 3. The monoisotopic (exact) mass is 365 g/mol. The van der Waals surface area contributed by atoms with Crippen molar-refractivity contribution in [3.8, 4) is 12.1 Å². The number of rotatable bonds is 3. The number of nitriles is 2. The van der Waals surface area contributed by atoms with E-state index in [9.17, 15) is 15.3 Å². The molecule has 2 aromatic rings. The lowest BCUT2D eigenvalue weighted by Crippen LogP contribution is -2.44. The quantitative estimate of drug-likeness (QED) is 0.822. The van der Waals surface area contributed by atoms with Gasteiger partial charge < -0.3 is 4.90 Å². The highest BCUT2D eigenvalue weighted by atomic mass is 16.1. The second-order valence-electron chi connectivity index (χ2n) is 7.87. The summed E-state index contributed by atoms with van der Waals surface area (Å²) in [4.78, 5) is 15.5. The van der Waals surface area contributed by atoms with Crippen LogP contribution in [-0.2, 0) is 4.79 Å². The number of ketones is 1. The molecular weight excluding hydrogens is 346 g/mol. The summed E-state index contributed by atoms with van der Waals surface area (Å²) < 4.78 is 0. The molecule has 0 radical (unpaired) electrons. The summed E-state index contributed by atoms with van der Waals surface area (Å²) in [5, 5.41) is 20.5. The molecule has 5 rings (SSSR count). The van der Waals surface area contributed by atoms with E-state index in [1.54, 1.807) is 0 Å². The van der Waals surface area contributed by atoms with E-state index < -0.39 is 23.4 Å². The summed E-state index contributed by atoms with van der Waals surface area (Å²) in [6.45, 7) is 0. The third-order valence-electron chi connectivity index (χ3n) is 6.35. The normalized spacial score (nSPS) is 26.6. The van der Waals surface area contributed by atoms with Crippen molar-refractivity contribution in [1.29, 1.82) is 10.5 Å². The number of anilines is 1. The van der Waals surface area contributed by atoms with Crippen LogP contribution in [0.2, 0.25) is 0 Å². The van der Waals surface area contributed by atoms with Crippen LogP contribution in [0.15, 0.2) is 60.7 Å². The molecule has 1 saturated carbocycles. The molecular formula is C24H19N3O. The molecule has 2 aromatic carbocycles. The molecule has 0 amide bonds. The lowest BCUT2D eigenvalue weighted by atomic mass is 9.69. The summed E-state index contributed by atoms with van der Waals surface area (Å²) in [5.41, 5.74) is 1.51. The minimum absolute atomic E-state index is 0.0446. The van der Waals surface area contributed by atoms with E-state index in [1.165, 1.54) is 0 Å². The molecule has 28 heavy (non-hydrogen) atoms. The highest BCUT2D eigenvalue weighted by Gasteiger charge is 2.64. The maximum Gasteiger partial charge on any atom is 0.176 e. The summed E-state index contributed by atoms with van der Waals surface area (Å²) in [6.07, 6.45) is 5.72. The van der Waals surface area contributed by atoms with Gasteiger partial charge >= 0.3 is 0 Å². The van der Waals surface area contributed by atoms with Gasteiger partial charge in [-0.3, -0.25) is 4.79 Å². The zero-order chi connectivity index (χ0) is 19.3. The summed E-state index contributed by atoms with van der Waals surface area (Å²) in [7, 11) is 0. The summed E-state index contributed by atoms with van der Waals surface area (Å²) in [6, 6.07) is 21.3. The molecule has 0 bridgehead atoms. The van der Waals surface area contributed by atoms with Crippen LogP contribution >= 0.6 is 0 Å². The van der Waals surface area contributed by atoms with E-state index in [4.69, 9.17) is 0 Å². The Morgan fingerprint density at radius 3 is 2.36 bits per heavy atom. The van der Waals surface area contributed by atoms with Crippen molar-refractivity contribution in [3.05, 3.63) is 71.8 Å². The van der Waals surface area contributed by atoms with Crippen LogP contribution in [0.5, 0.6) is 0 Å². The fourth-order valence-electron chi connectivity index (χ4n) is 4.90. The van der Waals surface area contributed by atoms with E-state index >= 15 is 0 Å². The van der Waals surface area contributed by atoms with Gasteiger partial charge in [0.25, 0.3) is 0 Å². The van der Waals surface area contributed by atoms with Crippen molar-refractivity contribution in [1.82, 2.24) is 0 Å². The average molecular weight is 365 g/mol. The lowest BCUT2D eigenvalue weighted by Gasteiger charge is -2.35. The van der Waals surface area contributed by atoms with Crippen LogP contribution in [0.3, 0.4) is 0 Å². The number of fused-ring (bicyclic) bond motifs is 3. The van der Waals surface area contributed by atoms with Crippen LogP contribution in [0.25, 0.3) is 6.08 Å². The molecule has 4 heteroatoms. The minimum Gasteiger partial charge on any atom is -0.351 e. The molecule has 4 nitrogen and oxygen atoms in total. The van der Waals surface area contributed by atoms with Gasteiger partial charge in [-0.15, -0.1) is 0 Å². The Balaban J connectivity index is 1.77. The number of hydrogen-bond donors (Lipinski definition) is 0. The largest absolute Gasteiger partial charge is 0.351 e. The van der Waals surface area contributed by atoms with Gasteiger partial charge in [0.1, 0.15) is 0 Å². The number of carbonyl (C=O) groups is 1. The molecule has 3 atom stereocenters. The first-order valence-electron chi connectivity index (χ1n) is 9.68. The number of benzene rings is 2. The third-order valence-corrected chi connectivity index (χ3v) is 6.35. The number of para-hydroxylation sites is 1.